The molecule has 0 saturated heterocycles. The molecule has 3 heteroatoms. The van der Waals surface area contributed by atoms with E-state index in [-0.39, 0.29) is 5.82 Å². The molecule has 0 aliphatic heterocycles. The van der Waals surface area contributed by atoms with Gasteiger partial charge in [-0.3, -0.25) is 0 Å². The highest BCUT2D eigenvalue weighted by Gasteiger charge is 2.30. The lowest BCUT2D eigenvalue weighted by molar-refractivity contribution is 0.295. The topological polar surface area (TPSA) is 12.0 Å². The smallest absolute Gasteiger partial charge is 0.137 e. The van der Waals surface area contributed by atoms with Crippen molar-refractivity contribution in [2.45, 2.75) is 52.0 Å². The zero-order chi connectivity index (χ0) is 14.5. The molecule has 1 N–H and O–H groups in total. The molecule has 1 nitrogen and oxygen atoms in total. The van der Waals surface area contributed by atoms with Crippen molar-refractivity contribution >= 4 is 15.9 Å². The van der Waals surface area contributed by atoms with Gasteiger partial charge in [-0.25, -0.2) is 4.39 Å². The van der Waals surface area contributed by atoms with Crippen LogP contribution in [-0.4, -0.2) is 12.6 Å². The Bertz CT molecular complexity index is 435. The summed E-state index contributed by atoms with van der Waals surface area (Å²) in [5.41, 5.74) is 1.21. The molecule has 1 aromatic carbocycles. The summed E-state index contributed by atoms with van der Waals surface area (Å²) in [7, 11) is 0. The third-order valence-electron chi connectivity index (χ3n) is 4.54. The molecule has 2 rings (SSSR count). The Morgan fingerprint density at radius 3 is 2.80 bits per heavy atom. The van der Waals surface area contributed by atoms with E-state index in [1.165, 1.54) is 24.8 Å². The molecule has 20 heavy (non-hydrogen) atoms. The summed E-state index contributed by atoms with van der Waals surface area (Å²) < 4.78 is 13.9. The minimum absolute atomic E-state index is 0.180. The van der Waals surface area contributed by atoms with Gasteiger partial charge in [0.25, 0.3) is 0 Å². The van der Waals surface area contributed by atoms with Crippen molar-refractivity contribution in [3.05, 3.63) is 34.1 Å². The largest absolute Gasteiger partial charge is 0.313 e. The van der Waals surface area contributed by atoms with Crippen molar-refractivity contribution in [1.29, 1.82) is 0 Å². The first-order chi connectivity index (χ1) is 9.61. The highest BCUT2D eigenvalue weighted by Crippen LogP contribution is 2.35. The average molecular weight is 342 g/mol. The molecule has 1 aromatic rings. The van der Waals surface area contributed by atoms with Crippen LogP contribution < -0.4 is 5.32 Å². The lowest BCUT2D eigenvalue weighted by Gasteiger charge is -2.28. The number of hydrogen-bond acceptors (Lipinski definition) is 1. The molecule has 0 aromatic heterocycles. The van der Waals surface area contributed by atoms with Crippen molar-refractivity contribution in [3.8, 4) is 0 Å². The molecule has 3 atom stereocenters. The third-order valence-corrected chi connectivity index (χ3v) is 5.15. The average Bonchev–Trinajstić information content (AvgIpc) is 2.85. The van der Waals surface area contributed by atoms with Crippen molar-refractivity contribution < 1.29 is 4.39 Å². The molecule has 1 aliphatic rings. The van der Waals surface area contributed by atoms with Crippen LogP contribution >= 0.6 is 15.9 Å². The summed E-state index contributed by atoms with van der Waals surface area (Å²) in [6, 6.07) is 5.93. The van der Waals surface area contributed by atoms with Gasteiger partial charge in [0.15, 0.2) is 0 Å². The van der Waals surface area contributed by atoms with E-state index in [1.54, 1.807) is 6.07 Å². The van der Waals surface area contributed by atoms with Gasteiger partial charge in [-0.15, -0.1) is 0 Å². The Hall–Kier alpha value is -0.410. The third kappa shape index (κ3) is 4.05. The fourth-order valence-corrected chi connectivity index (χ4v) is 3.82. The Labute approximate surface area is 130 Å². The van der Waals surface area contributed by atoms with Gasteiger partial charge in [0.05, 0.1) is 4.47 Å². The van der Waals surface area contributed by atoms with E-state index in [0.29, 0.717) is 10.5 Å². The standard InChI is InChI=1S/C17H25BrFN/c1-3-9-20-17(14-6-4-5-12(14)2)11-13-7-8-16(19)15(18)10-13/h7-8,10,12,14,17,20H,3-6,9,11H2,1-2H3. The minimum Gasteiger partial charge on any atom is -0.313 e. The van der Waals surface area contributed by atoms with Crippen LogP contribution in [0, 0.1) is 17.7 Å². The van der Waals surface area contributed by atoms with Crippen LogP contribution in [0.2, 0.25) is 0 Å². The zero-order valence-corrected chi connectivity index (χ0v) is 14.0. The van der Waals surface area contributed by atoms with E-state index in [1.807, 2.05) is 12.1 Å². The first-order valence-electron chi connectivity index (χ1n) is 7.79. The number of benzene rings is 1. The molecule has 0 spiro atoms. The molecule has 1 fully saturated rings. The fraction of sp³-hybridized carbons (Fsp3) is 0.647. The zero-order valence-electron chi connectivity index (χ0n) is 12.5. The van der Waals surface area contributed by atoms with E-state index in [0.717, 1.165) is 31.2 Å². The summed E-state index contributed by atoms with van der Waals surface area (Å²) >= 11 is 3.29. The summed E-state index contributed by atoms with van der Waals surface area (Å²) in [4.78, 5) is 0. The van der Waals surface area contributed by atoms with Gasteiger partial charge >= 0.3 is 0 Å². The maximum absolute atomic E-state index is 13.3. The predicted molar refractivity (Wildman–Crippen MR) is 86.4 cm³/mol. The van der Waals surface area contributed by atoms with Crippen molar-refractivity contribution in [2.75, 3.05) is 6.54 Å². The molecular formula is C17H25BrFN. The second kappa shape index (κ2) is 7.56. The molecule has 0 bridgehead atoms. The first kappa shape index (κ1) is 16.0. The highest BCUT2D eigenvalue weighted by atomic mass is 79.9. The summed E-state index contributed by atoms with van der Waals surface area (Å²) in [5.74, 6) is 1.37. The van der Waals surface area contributed by atoms with E-state index in [9.17, 15) is 4.39 Å². The minimum atomic E-state index is -0.180. The summed E-state index contributed by atoms with van der Waals surface area (Å²) in [6.45, 7) is 5.64. The fourth-order valence-electron chi connectivity index (χ4n) is 3.40. The summed E-state index contributed by atoms with van der Waals surface area (Å²) in [6.07, 6.45) is 6.18. The van der Waals surface area contributed by atoms with Crippen LogP contribution in [0.15, 0.2) is 22.7 Å². The Balaban J connectivity index is 2.08. The number of nitrogens with one attached hydrogen (secondary N) is 1. The maximum Gasteiger partial charge on any atom is 0.137 e. The number of hydrogen-bond donors (Lipinski definition) is 1. The second-order valence-electron chi connectivity index (χ2n) is 6.09. The Morgan fingerprint density at radius 2 is 2.20 bits per heavy atom. The quantitative estimate of drug-likeness (QED) is 0.772. The first-order valence-corrected chi connectivity index (χ1v) is 8.58. The van der Waals surface area contributed by atoms with Gasteiger partial charge in [-0.05, 0) is 71.3 Å². The Kier molecular flexibility index (Phi) is 6.03. The van der Waals surface area contributed by atoms with Crippen LogP contribution in [0.4, 0.5) is 4.39 Å². The van der Waals surface area contributed by atoms with E-state index >= 15 is 0 Å². The van der Waals surface area contributed by atoms with Gasteiger partial charge in [0, 0.05) is 6.04 Å². The lowest BCUT2D eigenvalue weighted by atomic mass is 9.86. The van der Waals surface area contributed by atoms with Gasteiger partial charge in [0.2, 0.25) is 0 Å². The molecule has 112 valence electrons. The van der Waals surface area contributed by atoms with Gasteiger partial charge in [-0.2, -0.15) is 0 Å². The molecule has 0 amide bonds. The van der Waals surface area contributed by atoms with Crippen molar-refractivity contribution in [1.82, 2.24) is 5.32 Å². The molecular weight excluding hydrogens is 317 g/mol. The van der Waals surface area contributed by atoms with Crippen LogP contribution in [0.1, 0.15) is 45.1 Å². The summed E-state index contributed by atoms with van der Waals surface area (Å²) in [5, 5.41) is 3.72. The molecule has 1 saturated carbocycles. The molecule has 1 aliphatic carbocycles. The normalized spacial score (nSPS) is 24.0. The SMILES string of the molecule is CCCNC(Cc1ccc(F)c(Br)c1)C1CCCC1C. The predicted octanol–water partition coefficient (Wildman–Crippen LogP) is 4.94. The molecule has 0 radical (unpaired) electrons. The van der Waals surface area contributed by atoms with Gasteiger partial charge < -0.3 is 5.32 Å². The highest BCUT2D eigenvalue weighted by molar-refractivity contribution is 9.10. The second-order valence-corrected chi connectivity index (χ2v) is 6.94. The van der Waals surface area contributed by atoms with Gasteiger partial charge in [-0.1, -0.05) is 32.8 Å². The van der Waals surface area contributed by atoms with Gasteiger partial charge in [0.1, 0.15) is 5.82 Å². The van der Waals surface area contributed by atoms with E-state index in [2.05, 4.69) is 35.1 Å². The molecule has 3 unspecified atom stereocenters. The number of halogens is 2. The van der Waals surface area contributed by atoms with Crippen LogP contribution in [0.3, 0.4) is 0 Å². The lowest BCUT2D eigenvalue weighted by Crippen LogP contribution is -2.39. The Morgan fingerprint density at radius 1 is 1.40 bits per heavy atom. The monoisotopic (exact) mass is 341 g/mol. The number of rotatable bonds is 6. The van der Waals surface area contributed by atoms with Crippen molar-refractivity contribution in [2.24, 2.45) is 11.8 Å². The van der Waals surface area contributed by atoms with E-state index < -0.39 is 0 Å². The van der Waals surface area contributed by atoms with Crippen molar-refractivity contribution in [3.63, 3.8) is 0 Å². The van der Waals surface area contributed by atoms with Crippen LogP contribution in [0.5, 0.6) is 0 Å². The van der Waals surface area contributed by atoms with Crippen LogP contribution in [0.25, 0.3) is 0 Å². The van der Waals surface area contributed by atoms with E-state index in [4.69, 9.17) is 0 Å². The molecule has 0 heterocycles. The maximum atomic E-state index is 13.3. The van der Waals surface area contributed by atoms with Crippen LogP contribution in [-0.2, 0) is 6.42 Å².